The Morgan fingerprint density at radius 3 is 2.42 bits per heavy atom. The van der Waals surface area contributed by atoms with Gasteiger partial charge in [0.25, 0.3) is 0 Å². The number of rotatable bonds is 8. The first-order chi connectivity index (χ1) is 9.08. The van der Waals surface area contributed by atoms with Gasteiger partial charge in [0.05, 0.1) is 19.3 Å². The van der Waals surface area contributed by atoms with E-state index in [1.165, 1.54) is 0 Å². The van der Waals surface area contributed by atoms with Gasteiger partial charge in [-0.2, -0.15) is 0 Å². The first-order valence-electron chi connectivity index (χ1n) is 6.80. The number of aliphatic hydroxyl groups is 1. The van der Waals surface area contributed by atoms with Crippen LogP contribution in [-0.2, 0) is 0 Å². The van der Waals surface area contributed by atoms with E-state index in [-0.39, 0.29) is 0 Å². The van der Waals surface area contributed by atoms with Crippen LogP contribution in [0.3, 0.4) is 0 Å². The highest BCUT2D eigenvalue weighted by Crippen LogP contribution is 2.32. The Labute approximate surface area is 115 Å². The minimum atomic E-state index is -0.494. The van der Waals surface area contributed by atoms with E-state index >= 15 is 0 Å². The molecule has 19 heavy (non-hydrogen) atoms. The van der Waals surface area contributed by atoms with E-state index in [1.807, 2.05) is 39.0 Å². The Bertz CT molecular complexity index is 412. The lowest BCUT2D eigenvalue weighted by molar-refractivity contribution is 0.167. The SMILES string of the molecule is C=C(C)CCC(O)c1ccc(OCC)c(OCC)c1. The quantitative estimate of drug-likeness (QED) is 0.724. The van der Waals surface area contributed by atoms with Gasteiger partial charge in [-0.25, -0.2) is 0 Å². The van der Waals surface area contributed by atoms with Crippen LogP contribution in [0.15, 0.2) is 30.4 Å². The molecular weight excluding hydrogens is 240 g/mol. The highest BCUT2D eigenvalue weighted by molar-refractivity contribution is 5.43. The standard InChI is InChI=1S/C16H24O3/c1-5-18-15-10-8-13(11-16(15)19-6-2)14(17)9-7-12(3)4/h8,10-11,14,17H,3,5-7,9H2,1-2,4H3. The van der Waals surface area contributed by atoms with Crippen molar-refractivity contribution in [3.63, 3.8) is 0 Å². The van der Waals surface area contributed by atoms with Crippen LogP contribution in [0.5, 0.6) is 11.5 Å². The molecule has 0 radical (unpaired) electrons. The van der Waals surface area contributed by atoms with E-state index in [1.54, 1.807) is 0 Å². The summed E-state index contributed by atoms with van der Waals surface area (Å²) in [6.45, 7) is 10.9. The van der Waals surface area contributed by atoms with Crippen LogP contribution in [0.1, 0.15) is 45.3 Å². The van der Waals surface area contributed by atoms with Gasteiger partial charge in [-0.3, -0.25) is 0 Å². The van der Waals surface area contributed by atoms with Crippen LogP contribution in [0.25, 0.3) is 0 Å². The third-order valence-electron chi connectivity index (χ3n) is 2.80. The predicted octanol–water partition coefficient (Wildman–Crippen LogP) is 3.87. The average molecular weight is 264 g/mol. The first-order valence-corrected chi connectivity index (χ1v) is 6.80. The van der Waals surface area contributed by atoms with Gasteiger partial charge >= 0.3 is 0 Å². The molecule has 1 atom stereocenters. The van der Waals surface area contributed by atoms with Crippen molar-refractivity contribution in [2.75, 3.05) is 13.2 Å². The number of hydrogen-bond donors (Lipinski definition) is 1. The molecule has 106 valence electrons. The summed E-state index contributed by atoms with van der Waals surface area (Å²) in [6, 6.07) is 5.60. The Kier molecular flexibility index (Phi) is 6.43. The number of aliphatic hydroxyl groups excluding tert-OH is 1. The Hall–Kier alpha value is -1.48. The van der Waals surface area contributed by atoms with E-state index in [9.17, 15) is 5.11 Å². The molecule has 0 aliphatic carbocycles. The van der Waals surface area contributed by atoms with E-state index in [0.717, 1.165) is 23.3 Å². The monoisotopic (exact) mass is 264 g/mol. The summed E-state index contributed by atoms with van der Waals surface area (Å²) in [6.07, 6.45) is 0.999. The van der Waals surface area contributed by atoms with Gasteiger partial charge in [0.15, 0.2) is 11.5 Å². The topological polar surface area (TPSA) is 38.7 Å². The summed E-state index contributed by atoms with van der Waals surface area (Å²) >= 11 is 0. The molecule has 0 fully saturated rings. The summed E-state index contributed by atoms with van der Waals surface area (Å²) in [5.41, 5.74) is 1.93. The molecule has 0 spiro atoms. The molecule has 0 bridgehead atoms. The normalized spacial score (nSPS) is 12.0. The summed E-state index contributed by atoms with van der Waals surface area (Å²) in [7, 11) is 0. The van der Waals surface area contributed by atoms with Crippen LogP contribution < -0.4 is 9.47 Å². The Balaban J connectivity index is 2.84. The minimum Gasteiger partial charge on any atom is -0.490 e. The molecule has 0 aromatic heterocycles. The minimum absolute atomic E-state index is 0.494. The first kappa shape index (κ1) is 15.6. The van der Waals surface area contributed by atoms with Crippen molar-refractivity contribution < 1.29 is 14.6 Å². The van der Waals surface area contributed by atoms with Gasteiger partial charge in [-0.15, -0.1) is 6.58 Å². The third-order valence-corrected chi connectivity index (χ3v) is 2.80. The lowest BCUT2D eigenvalue weighted by Gasteiger charge is -2.15. The second-order valence-electron chi connectivity index (χ2n) is 4.58. The summed E-state index contributed by atoms with van der Waals surface area (Å²) in [4.78, 5) is 0. The average Bonchev–Trinajstić information content (AvgIpc) is 2.38. The van der Waals surface area contributed by atoms with Crippen LogP contribution in [0, 0.1) is 0 Å². The second-order valence-corrected chi connectivity index (χ2v) is 4.58. The smallest absolute Gasteiger partial charge is 0.161 e. The van der Waals surface area contributed by atoms with Crippen molar-refractivity contribution in [1.82, 2.24) is 0 Å². The summed E-state index contributed by atoms with van der Waals surface area (Å²) < 4.78 is 11.1. The molecule has 1 N–H and O–H groups in total. The fourth-order valence-corrected chi connectivity index (χ4v) is 1.82. The zero-order chi connectivity index (χ0) is 14.3. The molecule has 0 aliphatic heterocycles. The lowest BCUT2D eigenvalue weighted by atomic mass is 10.0. The highest BCUT2D eigenvalue weighted by atomic mass is 16.5. The Morgan fingerprint density at radius 2 is 1.84 bits per heavy atom. The van der Waals surface area contributed by atoms with Crippen LogP contribution >= 0.6 is 0 Å². The van der Waals surface area contributed by atoms with Crippen molar-refractivity contribution in [3.05, 3.63) is 35.9 Å². The molecular formula is C16H24O3. The second kappa shape index (κ2) is 7.85. The molecule has 0 saturated heterocycles. The maximum absolute atomic E-state index is 10.1. The van der Waals surface area contributed by atoms with E-state index in [4.69, 9.17) is 9.47 Å². The molecule has 1 unspecified atom stereocenters. The largest absolute Gasteiger partial charge is 0.490 e. The number of allylic oxidation sites excluding steroid dienone is 1. The van der Waals surface area contributed by atoms with Crippen molar-refractivity contribution in [2.24, 2.45) is 0 Å². The molecule has 0 saturated carbocycles. The fourth-order valence-electron chi connectivity index (χ4n) is 1.82. The van der Waals surface area contributed by atoms with Gasteiger partial charge in [0.2, 0.25) is 0 Å². The zero-order valence-corrected chi connectivity index (χ0v) is 12.1. The van der Waals surface area contributed by atoms with Crippen molar-refractivity contribution in [2.45, 2.75) is 39.7 Å². The van der Waals surface area contributed by atoms with Crippen LogP contribution in [0.2, 0.25) is 0 Å². The molecule has 1 aromatic carbocycles. The predicted molar refractivity (Wildman–Crippen MR) is 77.8 cm³/mol. The van der Waals surface area contributed by atoms with Gasteiger partial charge < -0.3 is 14.6 Å². The summed E-state index contributed by atoms with van der Waals surface area (Å²) in [5.74, 6) is 1.41. The molecule has 0 aliphatic rings. The number of ether oxygens (including phenoxy) is 2. The lowest BCUT2D eigenvalue weighted by Crippen LogP contribution is -2.02. The fraction of sp³-hybridized carbons (Fsp3) is 0.500. The van der Waals surface area contributed by atoms with Crippen LogP contribution in [0.4, 0.5) is 0 Å². The van der Waals surface area contributed by atoms with E-state index < -0.39 is 6.10 Å². The van der Waals surface area contributed by atoms with Crippen molar-refractivity contribution in [3.8, 4) is 11.5 Å². The van der Waals surface area contributed by atoms with Gasteiger partial charge in [-0.05, 0) is 51.3 Å². The van der Waals surface area contributed by atoms with Crippen LogP contribution in [-0.4, -0.2) is 18.3 Å². The molecule has 1 rings (SSSR count). The maximum Gasteiger partial charge on any atom is 0.161 e. The molecule has 1 aromatic rings. The molecule has 0 amide bonds. The summed E-state index contributed by atoms with van der Waals surface area (Å²) in [5, 5.41) is 10.1. The molecule has 0 heterocycles. The van der Waals surface area contributed by atoms with Crippen molar-refractivity contribution in [1.29, 1.82) is 0 Å². The Morgan fingerprint density at radius 1 is 1.21 bits per heavy atom. The van der Waals surface area contributed by atoms with E-state index in [2.05, 4.69) is 6.58 Å². The third kappa shape index (κ3) is 4.95. The van der Waals surface area contributed by atoms with Gasteiger partial charge in [0.1, 0.15) is 0 Å². The highest BCUT2D eigenvalue weighted by Gasteiger charge is 2.12. The number of hydrogen-bond acceptors (Lipinski definition) is 3. The van der Waals surface area contributed by atoms with E-state index in [0.29, 0.717) is 25.4 Å². The zero-order valence-electron chi connectivity index (χ0n) is 12.1. The molecule has 3 nitrogen and oxygen atoms in total. The molecule has 3 heteroatoms. The van der Waals surface area contributed by atoms with Gasteiger partial charge in [0, 0.05) is 0 Å². The maximum atomic E-state index is 10.1. The number of benzene rings is 1. The van der Waals surface area contributed by atoms with Gasteiger partial charge in [-0.1, -0.05) is 11.6 Å². The van der Waals surface area contributed by atoms with Crippen molar-refractivity contribution >= 4 is 0 Å².